The quantitative estimate of drug-likeness (QED) is 0.729. The second-order valence-corrected chi connectivity index (χ2v) is 4.00. The molecule has 0 saturated carbocycles. The van der Waals surface area contributed by atoms with Crippen molar-refractivity contribution in [1.82, 2.24) is 4.90 Å². The van der Waals surface area contributed by atoms with Crippen molar-refractivity contribution in [1.29, 1.82) is 0 Å². The molecule has 78 valence electrons. The minimum atomic E-state index is 0.231. The summed E-state index contributed by atoms with van der Waals surface area (Å²) in [6.45, 7) is 0. The van der Waals surface area contributed by atoms with Gasteiger partial charge in [0.15, 0.2) is 5.78 Å². The number of ketones is 1. The van der Waals surface area contributed by atoms with Crippen LogP contribution in [0.4, 0.5) is 0 Å². The summed E-state index contributed by atoms with van der Waals surface area (Å²) >= 11 is 0. The molecule has 0 amide bonds. The predicted molar refractivity (Wildman–Crippen MR) is 60.5 cm³/mol. The van der Waals surface area contributed by atoms with E-state index in [0.29, 0.717) is 12.5 Å². The van der Waals surface area contributed by atoms with Crippen LogP contribution in [0.25, 0.3) is 0 Å². The lowest BCUT2D eigenvalue weighted by atomic mass is 9.98. The molecule has 1 aromatic rings. The average molecular weight is 201 g/mol. The smallest absolute Gasteiger partial charge is 0.159 e. The molecule has 1 aliphatic heterocycles. The number of carbonyl (C=O) groups excluding carboxylic acids is 1. The van der Waals surface area contributed by atoms with Gasteiger partial charge in [0, 0.05) is 25.7 Å². The molecule has 0 N–H and O–H groups in total. The molecule has 1 atom stereocenters. The van der Waals surface area contributed by atoms with Gasteiger partial charge in [0.05, 0.1) is 0 Å². The van der Waals surface area contributed by atoms with E-state index in [0.717, 1.165) is 6.42 Å². The molecule has 15 heavy (non-hydrogen) atoms. The van der Waals surface area contributed by atoms with Crippen LogP contribution in [-0.4, -0.2) is 23.8 Å². The maximum absolute atomic E-state index is 11.3. The van der Waals surface area contributed by atoms with Gasteiger partial charge in [0.2, 0.25) is 0 Å². The van der Waals surface area contributed by atoms with Gasteiger partial charge in [-0.2, -0.15) is 0 Å². The zero-order valence-electron chi connectivity index (χ0n) is 8.89. The van der Waals surface area contributed by atoms with Crippen molar-refractivity contribution in [2.75, 3.05) is 7.05 Å². The summed E-state index contributed by atoms with van der Waals surface area (Å²) in [5.41, 5.74) is 1.29. The molecule has 0 aliphatic carbocycles. The third kappa shape index (κ3) is 2.46. The molecule has 0 unspecified atom stereocenters. The standard InChI is InChI=1S/C13H15NO/c1-14-8-7-13(15)10-12(14)9-11-5-3-2-4-6-11/h2-8,12H,9-10H2,1H3/t12-/m0/s1. The fraction of sp³-hybridized carbons (Fsp3) is 0.308. The van der Waals surface area contributed by atoms with Crippen LogP contribution in [0.15, 0.2) is 42.6 Å². The SMILES string of the molecule is CN1C=CC(=O)C[C@@H]1Cc1ccccc1. The molecule has 0 aromatic heterocycles. The fourth-order valence-electron chi connectivity index (χ4n) is 1.87. The van der Waals surface area contributed by atoms with Crippen LogP contribution < -0.4 is 0 Å². The molecule has 2 rings (SSSR count). The number of benzene rings is 1. The molecule has 1 heterocycles. The van der Waals surface area contributed by atoms with Gasteiger partial charge in [-0.1, -0.05) is 30.3 Å². The lowest BCUT2D eigenvalue weighted by Crippen LogP contribution is -2.34. The maximum atomic E-state index is 11.3. The Kier molecular flexibility index (Phi) is 2.86. The molecule has 2 heteroatoms. The third-order valence-electron chi connectivity index (χ3n) is 2.82. The van der Waals surface area contributed by atoms with E-state index in [1.54, 1.807) is 6.08 Å². The van der Waals surface area contributed by atoms with Crippen LogP contribution >= 0.6 is 0 Å². The van der Waals surface area contributed by atoms with Crippen molar-refractivity contribution >= 4 is 5.78 Å². The number of likely N-dealkylation sites (N-methyl/N-ethyl adjacent to an activating group) is 1. The Morgan fingerprint density at radius 3 is 2.80 bits per heavy atom. The van der Waals surface area contributed by atoms with Gasteiger partial charge in [-0.05, 0) is 18.1 Å². The van der Waals surface area contributed by atoms with Crippen LogP contribution in [0.2, 0.25) is 0 Å². The van der Waals surface area contributed by atoms with Gasteiger partial charge in [0.1, 0.15) is 0 Å². The molecular formula is C13H15NO. The normalized spacial score (nSPS) is 20.7. The number of carbonyl (C=O) groups is 1. The van der Waals surface area contributed by atoms with E-state index in [1.165, 1.54) is 5.56 Å². The molecule has 0 radical (unpaired) electrons. The second-order valence-electron chi connectivity index (χ2n) is 4.00. The van der Waals surface area contributed by atoms with Gasteiger partial charge in [-0.3, -0.25) is 4.79 Å². The zero-order chi connectivity index (χ0) is 10.7. The van der Waals surface area contributed by atoms with Crippen LogP contribution in [0.1, 0.15) is 12.0 Å². The van der Waals surface area contributed by atoms with E-state index in [-0.39, 0.29) is 5.78 Å². The van der Waals surface area contributed by atoms with E-state index >= 15 is 0 Å². The minimum absolute atomic E-state index is 0.231. The molecule has 0 spiro atoms. The van der Waals surface area contributed by atoms with Crippen molar-refractivity contribution in [3.63, 3.8) is 0 Å². The van der Waals surface area contributed by atoms with Gasteiger partial charge < -0.3 is 4.90 Å². The Morgan fingerprint density at radius 2 is 2.07 bits per heavy atom. The monoisotopic (exact) mass is 201 g/mol. The summed E-state index contributed by atoms with van der Waals surface area (Å²) in [7, 11) is 2.02. The van der Waals surface area contributed by atoms with Crippen LogP contribution in [-0.2, 0) is 11.2 Å². The van der Waals surface area contributed by atoms with Crippen molar-refractivity contribution in [3.8, 4) is 0 Å². The van der Waals surface area contributed by atoms with Gasteiger partial charge in [0.25, 0.3) is 0 Å². The molecule has 0 fully saturated rings. The Hall–Kier alpha value is -1.57. The Morgan fingerprint density at radius 1 is 1.33 bits per heavy atom. The van der Waals surface area contributed by atoms with E-state index in [9.17, 15) is 4.79 Å². The minimum Gasteiger partial charge on any atom is -0.377 e. The van der Waals surface area contributed by atoms with Crippen molar-refractivity contribution in [3.05, 3.63) is 48.2 Å². The van der Waals surface area contributed by atoms with Crippen LogP contribution in [0.3, 0.4) is 0 Å². The first-order chi connectivity index (χ1) is 7.25. The zero-order valence-corrected chi connectivity index (χ0v) is 8.89. The van der Waals surface area contributed by atoms with Crippen molar-refractivity contribution in [2.45, 2.75) is 18.9 Å². The predicted octanol–water partition coefficient (Wildman–Crippen LogP) is 2.02. The highest BCUT2D eigenvalue weighted by molar-refractivity contribution is 5.90. The molecule has 1 aromatic carbocycles. The highest BCUT2D eigenvalue weighted by Gasteiger charge is 2.19. The molecule has 1 aliphatic rings. The summed E-state index contributed by atoms with van der Waals surface area (Å²) in [5, 5.41) is 0. The van der Waals surface area contributed by atoms with Gasteiger partial charge in [-0.15, -0.1) is 0 Å². The Labute approximate surface area is 90.2 Å². The largest absolute Gasteiger partial charge is 0.377 e. The third-order valence-corrected chi connectivity index (χ3v) is 2.82. The topological polar surface area (TPSA) is 20.3 Å². The van der Waals surface area contributed by atoms with E-state index in [2.05, 4.69) is 17.0 Å². The van der Waals surface area contributed by atoms with Crippen LogP contribution in [0.5, 0.6) is 0 Å². The molecule has 2 nitrogen and oxygen atoms in total. The first-order valence-corrected chi connectivity index (χ1v) is 5.22. The lowest BCUT2D eigenvalue weighted by Gasteiger charge is -2.29. The lowest BCUT2D eigenvalue weighted by molar-refractivity contribution is -0.116. The first kappa shape index (κ1) is 9.97. The van der Waals surface area contributed by atoms with Crippen molar-refractivity contribution < 1.29 is 4.79 Å². The van der Waals surface area contributed by atoms with E-state index < -0.39 is 0 Å². The number of nitrogens with zero attached hydrogens (tertiary/aromatic N) is 1. The molecule has 0 bridgehead atoms. The Bertz CT molecular complexity index is 369. The highest BCUT2D eigenvalue weighted by atomic mass is 16.1. The average Bonchev–Trinajstić information content (AvgIpc) is 2.25. The number of hydrogen-bond donors (Lipinski definition) is 0. The summed E-state index contributed by atoms with van der Waals surface area (Å²) in [5.74, 6) is 0.231. The highest BCUT2D eigenvalue weighted by Crippen LogP contribution is 2.15. The summed E-state index contributed by atoms with van der Waals surface area (Å²) in [4.78, 5) is 13.4. The summed E-state index contributed by atoms with van der Waals surface area (Å²) in [6.07, 6.45) is 5.09. The number of hydrogen-bond acceptors (Lipinski definition) is 2. The first-order valence-electron chi connectivity index (χ1n) is 5.22. The number of rotatable bonds is 2. The molecular weight excluding hydrogens is 186 g/mol. The van der Waals surface area contributed by atoms with Gasteiger partial charge >= 0.3 is 0 Å². The van der Waals surface area contributed by atoms with Crippen LogP contribution in [0, 0.1) is 0 Å². The second kappa shape index (κ2) is 4.30. The molecule has 0 saturated heterocycles. The summed E-state index contributed by atoms with van der Waals surface area (Å²) in [6, 6.07) is 10.6. The number of allylic oxidation sites excluding steroid dienone is 1. The van der Waals surface area contributed by atoms with E-state index in [4.69, 9.17) is 0 Å². The summed E-state index contributed by atoms with van der Waals surface area (Å²) < 4.78 is 0. The fourth-order valence-corrected chi connectivity index (χ4v) is 1.87. The van der Waals surface area contributed by atoms with Crippen molar-refractivity contribution in [2.24, 2.45) is 0 Å². The van der Waals surface area contributed by atoms with Gasteiger partial charge in [-0.25, -0.2) is 0 Å². The Balaban J connectivity index is 2.06. The van der Waals surface area contributed by atoms with E-state index in [1.807, 2.05) is 31.4 Å². The maximum Gasteiger partial charge on any atom is 0.159 e.